The van der Waals surface area contributed by atoms with Gasteiger partial charge >= 0.3 is 0 Å². The summed E-state index contributed by atoms with van der Waals surface area (Å²) >= 11 is 0. The normalized spacial score (nSPS) is 13.7. The number of ether oxygens (including phenoxy) is 1. The van der Waals surface area contributed by atoms with Crippen LogP contribution in [0.5, 0.6) is 5.75 Å². The van der Waals surface area contributed by atoms with Crippen LogP contribution in [0.3, 0.4) is 0 Å². The summed E-state index contributed by atoms with van der Waals surface area (Å²) in [6.07, 6.45) is 0.785. The molecule has 1 aliphatic rings. The van der Waals surface area contributed by atoms with E-state index in [0.717, 1.165) is 17.7 Å². The molecule has 0 saturated heterocycles. The Morgan fingerprint density at radius 3 is 2.81 bits per heavy atom. The van der Waals surface area contributed by atoms with Crippen molar-refractivity contribution in [1.82, 2.24) is 4.90 Å². The van der Waals surface area contributed by atoms with Crippen LogP contribution < -0.4 is 4.74 Å². The highest BCUT2D eigenvalue weighted by molar-refractivity contribution is 5.94. The topological polar surface area (TPSA) is 29.5 Å². The summed E-state index contributed by atoms with van der Waals surface area (Å²) in [4.78, 5) is 14.2. The van der Waals surface area contributed by atoms with Gasteiger partial charge in [0.2, 0.25) is 0 Å². The molecule has 108 valence electrons. The lowest BCUT2D eigenvalue weighted by atomic mass is 9.99. The molecule has 3 rings (SSSR count). The molecule has 0 spiro atoms. The highest BCUT2D eigenvalue weighted by Gasteiger charge is 2.22. The second-order valence-electron chi connectivity index (χ2n) is 5.12. The molecule has 0 aromatic heterocycles. The van der Waals surface area contributed by atoms with Crippen molar-refractivity contribution in [3.05, 3.63) is 65.0 Å². The molecule has 2 aromatic rings. The first-order valence-corrected chi connectivity index (χ1v) is 6.88. The number of halogens is 1. The third kappa shape index (κ3) is 2.75. The van der Waals surface area contributed by atoms with Crippen LogP contribution in [0.2, 0.25) is 0 Å². The van der Waals surface area contributed by atoms with Gasteiger partial charge in [-0.1, -0.05) is 12.1 Å². The molecule has 0 bridgehead atoms. The van der Waals surface area contributed by atoms with Gasteiger partial charge in [-0.25, -0.2) is 4.39 Å². The van der Waals surface area contributed by atoms with Gasteiger partial charge in [0.05, 0.1) is 7.11 Å². The van der Waals surface area contributed by atoms with Crippen molar-refractivity contribution in [2.75, 3.05) is 13.7 Å². The van der Waals surface area contributed by atoms with Crippen LogP contribution in [-0.4, -0.2) is 24.5 Å². The molecule has 1 amide bonds. The Bertz CT molecular complexity index is 684. The molecule has 0 saturated carbocycles. The summed E-state index contributed by atoms with van der Waals surface area (Å²) in [5.41, 5.74) is 2.72. The summed E-state index contributed by atoms with van der Waals surface area (Å²) in [6, 6.07) is 11.7. The molecule has 3 nitrogen and oxygen atoms in total. The predicted molar refractivity (Wildman–Crippen MR) is 77.8 cm³/mol. The Balaban J connectivity index is 1.81. The molecule has 0 atom stereocenters. The minimum absolute atomic E-state index is 0.129. The quantitative estimate of drug-likeness (QED) is 0.849. The second kappa shape index (κ2) is 5.56. The summed E-state index contributed by atoms with van der Waals surface area (Å²) in [5, 5.41) is 0. The van der Waals surface area contributed by atoms with Crippen molar-refractivity contribution in [2.45, 2.75) is 13.0 Å². The van der Waals surface area contributed by atoms with Gasteiger partial charge in [0, 0.05) is 18.7 Å². The third-order valence-electron chi connectivity index (χ3n) is 3.78. The van der Waals surface area contributed by atoms with Crippen molar-refractivity contribution >= 4 is 5.91 Å². The Kier molecular flexibility index (Phi) is 3.60. The van der Waals surface area contributed by atoms with Crippen LogP contribution in [0.25, 0.3) is 0 Å². The number of carbonyl (C=O) groups is 1. The van der Waals surface area contributed by atoms with Crippen LogP contribution in [0.4, 0.5) is 4.39 Å². The number of benzene rings is 2. The maximum Gasteiger partial charge on any atom is 0.254 e. The van der Waals surface area contributed by atoms with E-state index in [1.54, 1.807) is 24.1 Å². The molecule has 0 aliphatic carbocycles. The summed E-state index contributed by atoms with van der Waals surface area (Å²) in [7, 11) is 1.64. The first kappa shape index (κ1) is 13.6. The standard InChI is InChI=1S/C17H16FNO2/c1-21-16-6-5-14-11-19(8-7-12(14)10-16)17(20)13-3-2-4-15(18)9-13/h2-6,9-10H,7-8,11H2,1H3. The second-order valence-corrected chi connectivity index (χ2v) is 5.12. The Labute approximate surface area is 123 Å². The van der Waals surface area contributed by atoms with Gasteiger partial charge in [0.25, 0.3) is 5.91 Å². The number of hydrogen-bond donors (Lipinski definition) is 0. The van der Waals surface area contributed by atoms with Gasteiger partial charge in [0.1, 0.15) is 11.6 Å². The zero-order chi connectivity index (χ0) is 14.8. The van der Waals surface area contributed by atoms with E-state index >= 15 is 0 Å². The van der Waals surface area contributed by atoms with Gasteiger partial charge in [-0.3, -0.25) is 4.79 Å². The first-order valence-electron chi connectivity index (χ1n) is 6.88. The third-order valence-corrected chi connectivity index (χ3v) is 3.78. The van der Waals surface area contributed by atoms with Crippen molar-refractivity contribution < 1.29 is 13.9 Å². The molecule has 1 heterocycles. The molecule has 1 aliphatic heterocycles. The van der Waals surface area contributed by atoms with E-state index in [4.69, 9.17) is 4.74 Å². The van der Waals surface area contributed by atoms with Gasteiger partial charge in [0.15, 0.2) is 0 Å². The van der Waals surface area contributed by atoms with E-state index in [2.05, 4.69) is 0 Å². The predicted octanol–water partition coefficient (Wildman–Crippen LogP) is 3.03. The number of carbonyl (C=O) groups excluding carboxylic acids is 1. The fraction of sp³-hybridized carbons (Fsp3) is 0.235. The van der Waals surface area contributed by atoms with Crippen LogP contribution >= 0.6 is 0 Å². The number of fused-ring (bicyclic) bond motifs is 1. The minimum Gasteiger partial charge on any atom is -0.497 e. The maximum absolute atomic E-state index is 13.2. The highest BCUT2D eigenvalue weighted by Crippen LogP contribution is 2.24. The van der Waals surface area contributed by atoms with Crippen molar-refractivity contribution in [2.24, 2.45) is 0 Å². The fourth-order valence-electron chi connectivity index (χ4n) is 2.63. The summed E-state index contributed by atoms with van der Waals surface area (Å²) in [6.45, 7) is 1.18. The summed E-state index contributed by atoms with van der Waals surface area (Å²) < 4.78 is 18.4. The maximum atomic E-state index is 13.2. The van der Waals surface area contributed by atoms with E-state index in [-0.39, 0.29) is 11.7 Å². The number of hydrogen-bond acceptors (Lipinski definition) is 2. The molecular weight excluding hydrogens is 269 g/mol. The monoisotopic (exact) mass is 285 g/mol. The number of methoxy groups -OCH3 is 1. The lowest BCUT2D eigenvalue weighted by Gasteiger charge is -2.29. The fourth-order valence-corrected chi connectivity index (χ4v) is 2.63. The Hall–Kier alpha value is -2.36. The van der Waals surface area contributed by atoms with Crippen LogP contribution in [0.1, 0.15) is 21.5 Å². The zero-order valence-electron chi connectivity index (χ0n) is 11.8. The highest BCUT2D eigenvalue weighted by atomic mass is 19.1. The first-order chi connectivity index (χ1) is 10.2. The van der Waals surface area contributed by atoms with Crippen LogP contribution in [0, 0.1) is 5.82 Å². The van der Waals surface area contributed by atoms with Crippen LogP contribution in [0.15, 0.2) is 42.5 Å². The SMILES string of the molecule is COc1ccc2c(c1)CCN(C(=O)c1cccc(F)c1)C2. The molecule has 21 heavy (non-hydrogen) atoms. The van der Waals surface area contributed by atoms with E-state index < -0.39 is 0 Å². The van der Waals surface area contributed by atoms with E-state index in [1.165, 1.54) is 17.7 Å². The average Bonchev–Trinajstić information content (AvgIpc) is 2.53. The molecule has 2 aromatic carbocycles. The van der Waals surface area contributed by atoms with Crippen molar-refractivity contribution in [3.8, 4) is 5.75 Å². The van der Waals surface area contributed by atoms with E-state index in [9.17, 15) is 9.18 Å². The van der Waals surface area contributed by atoms with Gasteiger partial charge < -0.3 is 9.64 Å². The largest absolute Gasteiger partial charge is 0.497 e. The molecule has 0 unspecified atom stereocenters. The lowest BCUT2D eigenvalue weighted by molar-refractivity contribution is 0.0734. The number of amides is 1. The molecule has 0 N–H and O–H groups in total. The lowest BCUT2D eigenvalue weighted by Crippen LogP contribution is -2.36. The van der Waals surface area contributed by atoms with E-state index in [0.29, 0.717) is 18.7 Å². The van der Waals surface area contributed by atoms with Crippen LogP contribution in [-0.2, 0) is 13.0 Å². The zero-order valence-corrected chi connectivity index (χ0v) is 11.8. The Morgan fingerprint density at radius 1 is 1.19 bits per heavy atom. The van der Waals surface area contributed by atoms with Gasteiger partial charge in [-0.05, 0) is 47.9 Å². The van der Waals surface area contributed by atoms with Crippen molar-refractivity contribution in [3.63, 3.8) is 0 Å². The molecule has 4 heteroatoms. The van der Waals surface area contributed by atoms with E-state index in [1.807, 2.05) is 18.2 Å². The summed E-state index contributed by atoms with van der Waals surface area (Å²) in [5.74, 6) is 0.317. The molecular formula is C17H16FNO2. The van der Waals surface area contributed by atoms with Crippen molar-refractivity contribution in [1.29, 1.82) is 0 Å². The smallest absolute Gasteiger partial charge is 0.254 e. The van der Waals surface area contributed by atoms with Gasteiger partial charge in [-0.15, -0.1) is 0 Å². The number of rotatable bonds is 2. The minimum atomic E-state index is -0.386. The number of nitrogens with zero attached hydrogens (tertiary/aromatic N) is 1. The Morgan fingerprint density at radius 2 is 2.05 bits per heavy atom. The average molecular weight is 285 g/mol. The molecule has 0 radical (unpaired) electrons. The van der Waals surface area contributed by atoms with Gasteiger partial charge in [-0.2, -0.15) is 0 Å². The molecule has 0 fully saturated rings.